The minimum Gasteiger partial charge on any atom is -0.349 e. The highest BCUT2D eigenvalue weighted by Gasteiger charge is 2.52. The van der Waals surface area contributed by atoms with E-state index < -0.39 is 5.66 Å². The molecule has 2 aliphatic heterocycles. The van der Waals surface area contributed by atoms with E-state index >= 15 is 0 Å². The van der Waals surface area contributed by atoms with Crippen LogP contribution in [0, 0.1) is 17.6 Å². The number of nitrogens with zero attached hydrogens (tertiary/aromatic N) is 2. The molecule has 2 N–H and O–H groups in total. The molecule has 5 nitrogen and oxygen atoms in total. The van der Waals surface area contributed by atoms with Gasteiger partial charge < -0.3 is 15.1 Å². The Morgan fingerprint density at radius 1 is 1.12 bits per heavy atom. The number of rotatable bonds is 5. The van der Waals surface area contributed by atoms with Crippen molar-refractivity contribution >= 4 is 28.9 Å². The van der Waals surface area contributed by atoms with E-state index in [2.05, 4.69) is 29.4 Å². The number of nitrogens with one attached hydrogen (secondary N) is 2. The van der Waals surface area contributed by atoms with Gasteiger partial charge in [-0.05, 0) is 60.1 Å². The first kappa shape index (κ1) is 23.6. The number of amides is 1. The van der Waals surface area contributed by atoms with Crippen molar-refractivity contribution in [3.8, 4) is 0 Å². The Bertz CT molecular complexity index is 990. The molecule has 0 saturated carbocycles. The third-order valence-electron chi connectivity index (χ3n) is 6.91. The minimum atomic E-state index is -0.457. The van der Waals surface area contributed by atoms with Crippen LogP contribution in [0.5, 0.6) is 0 Å². The quantitative estimate of drug-likeness (QED) is 0.628. The molecule has 33 heavy (non-hydrogen) atoms. The van der Waals surface area contributed by atoms with Crippen LogP contribution in [0.4, 0.5) is 14.5 Å². The van der Waals surface area contributed by atoms with E-state index in [0.29, 0.717) is 24.7 Å². The van der Waals surface area contributed by atoms with Gasteiger partial charge >= 0.3 is 0 Å². The number of hydrogen-bond acceptors (Lipinski definition) is 3. The zero-order chi connectivity index (χ0) is 23.6. The number of piperidine rings is 1. The molecule has 2 aromatic carbocycles. The van der Waals surface area contributed by atoms with Crippen molar-refractivity contribution in [3.63, 3.8) is 0 Å². The summed E-state index contributed by atoms with van der Waals surface area (Å²) in [5, 5.41) is 7.43. The maximum atomic E-state index is 13.4. The lowest BCUT2D eigenvalue weighted by Gasteiger charge is -2.45. The Morgan fingerprint density at radius 3 is 2.27 bits per heavy atom. The van der Waals surface area contributed by atoms with Gasteiger partial charge in [0.15, 0.2) is 5.11 Å². The predicted octanol–water partition coefficient (Wildman–Crippen LogP) is 4.50. The Kier molecular flexibility index (Phi) is 6.95. The molecule has 1 spiro atoms. The molecule has 0 radical (unpaired) electrons. The normalized spacial score (nSPS) is 20.8. The SMILES string of the molecule is CC[C@H](C)[C@H]1NC2(CCN(C(=S)Nc3ccc(F)cc3)CC2)N(Cc2ccc(F)cc2)C1=O. The first-order chi connectivity index (χ1) is 15.8. The van der Waals surface area contributed by atoms with Gasteiger partial charge in [-0.3, -0.25) is 10.1 Å². The monoisotopic (exact) mass is 472 g/mol. The average Bonchev–Trinajstić information content (AvgIpc) is 3.08. The minimum absolute atomic E-state index is 0.106. The fraction of sp³-hybridized carbons (Fsp3) is 0.440. The third kappa shape index (κ3) is 5.01. The number of anilines is 1. The molecular weight excluding hydrogens is 442 g/mol. The number of hydrogen-bond donors (Lipinski definition) is 2. The molecule has 2 aliphatic rings. The van der Waals surface area contributed by atoms with Crippen molar-refractivity contribution in [3.05, 3.63) is 65.7 Å². The van der Waals surface area contributed by atoms with Crippen LogP contribution in [-0.4, -0.2) is 45.6 Å². The van der Waals surface area contributed by atoms with Gasteiger partial charge in [-0.25, -0.2) is 8.78 Å². The standard InChI is InChI=1S/C25H30F2N4OS/c1-3-17(2)22-23(32)31(16-18-4-6-19(26)7-5-18)25(29-22)12-14-30(15-13-25)24(33)28-21-10-8-20(27)9-11-21/h4-11,17,22,29H,3,12-16H2,1-2H3,(H,28,33)/t17-,22+/m0/s1. The maximum Gasteiger partial charge on any atom is 0.241 e. The summed E-state index contributed by atoms with van der Waals surface area (Å²) in [4.78, 5) is 17.5. The van der Waals surface area contributed by atoms with E-state index in [9.17, 15) is 13.6 Å². The van der Waals surface area contributed by atoms with Crippen molar-refractivity contribution in [2.75, 3.05) is 18.4 Å². The molecule has 8 heteroatoms. The molecule has 4 rings (SSSR count). The van der Waals surface area contributed by atoms with Crippen LogP contribution in [0.3, 0.4) is 0 Å². The van der Waals surface area contributed by atoms with Gasteiger partial charge in [0.2, 0.25) is 5.91 Å². The summed E-state index contributed by atoms with van der Waals surface area (Å²) in [5.41, 5.74) is 1.19. The van der Waals surface area contributed by atoms with Gasteiger partial charge in [-0.1, -0.05) is 32.4 Å². The second kappa shape index (κ2) is 9.73. The van der Waals surface area contributed by atoms with E-state index in [-0.39, 0.29) is 29.5 Å². The van der Waals surface area contributed by atoms with Crippen molar-refractivity contribution in [2.45, 2.75) is 51.4 Å². The van der Waals surface area contributed by atoms with Crippen LogP contribution in [0.2, 0.25) is 0 Å². The van der Waals surface area contributed by atoms with E-state index in [1.54, 1.807) is 24.3 Å². The molecule has 2 atom stereocenters. The third-order valence-corrected chi connectivity index (χ3v) is 7.27. The van der Waals surface area contributed by atoms with Crippen LogP contribution in [0.15, 0.2) is 48.5 Å². The van der Waals surface area contributed by atoms with E-state index in [4.69, 9.17) is 12.2 Å². The number of carbonyl (C=O) groups is 1. The summed E-state index contributed by atoms with van der Waals surface area (Å²) < 4.78 is 26.6. The van der Waals surface area contributed by atoms with Crippen LogP contribution < -0.4 is 10.6 Å². The Balaban J connectivity index is 1.48. The molecule has 1 amide bonds. The smallest absolute Gasteiger partial charge is 0.241 e. The highest BCUT2D eigenvalue weighted by Crippen LogP contribution is 2.36. The summed E-state index contributed by atoms with van der Waals surface area (Å²) in [6.45, 7) is 6.00. The lowest BCUT2D eigenvalue weighted by atomic mass is 9.95. The second-order valence-corrected chi connectivity index (χ2v) is 9.40. The summed E-state index contributed by atoms with van der Waals surface area (Å²) in [7, 11) is 0. The van der Waals surface area contributed by atoms with Crippen molar-refractivity contribution in [1.82, 2.24) is 15.1 Å². The number of thiocarbonyl (C=S) groups is 1. The van der Waals surface area contributed by atoms with Crippen LogP contribution in [-0.2, 0) is 11.3 Å². The maximum absolute atomic E-state index is 13.4. The number of benzene rings is 2. The first-order valence-electron chi connectivity index (χ1n) is 11.5. The Labute approximate surface area is 199 Å². The molecule has 2 fully saturated rings. The summed E-state index contributed by atoms with van der Waals surface area (Å²) >= 11 is 5.59. The van der Waals surface area contributed by atoms with E-state index in [1.165, 1.54) is 24.3 Å². The predicted molar refractivity (Wildman–Crippen MR) is 129 cm³/mol. The van der Waals surface area contributed by atoms with Crippen molar-refractivity contribution in [1.29, 1.82) is 0 Å². The summed E-state index contributed by atoms with van der Waals surface area (Å²) in [5.74, 6) is -0.256. The second-order valence-electron chi connectivity index (χ2n) is 9.01. The van der Waals surface area contributed by atoms with Crippen LogP contribution in [0.1, 0.15) is 38.7 Å². The molecule has 2 saturated heterocycles. The number of likely N-dealkylation sites (tertiary alicyclic amines) is 1. The zero-order valence-corrected chi connectivity index (χ0v) is 19.8. The lowest BCUT2D eigenvalue weighted by Crippen LogP contribution is -2.59. The zero-order valence-electron chi connectivity index (χ0n) is 19.0. The van der Waals surface area contributed by atoms with Gasteiger partial charge in [0, 0.05) is 38.2 Å². The van der Waals surface area contributed by atoms with Crippen LogP contribution >= 0.6 is 12.2 Å². The topological polar surface area (TPSA) is 47.6 Å². The van der Waals surface area contributed by atoms with Crippen LogP contribution in [0.25, 0.3) is 0 Å². The van der Waals surface area contributed by atoms with E-state index in [1.807, 2.05) is 4.90 Å². The molecule has 0 unspecified atom stereocenters. The van der Waals surface area contributed by atoms with Crippen molar-refractivity contribution in [2.24, 2.45) is 5.92 Å². The largest absolute Gasteiger partial charge is 0.349 e. The van der Waals surface area contributed by atoms with Gasteiger partial charge in [-0.2, -0.15) is 0 Å². The fourth-order valence-electron chi connectivity index (χ4n) is 4.66. The molecular formula is C25H30F2N4OS. The van der Waals surface area contributed by atoms with E-state index in [0.717, 1.165) is 30.5 Å². The number of halogens is 2. The first-order valence-corrected chi connectivity index (χ1v) is 11.9. The lowest BCUT2D eigenvalue weighted by molar-refractivity contribution is -0.134. The fourth-order valence-corrected chi connectivity index (χ4v) is 4.96. The average molecular weight is 473 g/mol. The molecule has 2 aromatic rings. The molecule has 0 bridgehead atoms. The molecule has 176 valence electrons. The Morgan fingerprint density at radius 2 is 1.70 bits per heavy atom. The van der Waals surface area contributed by atoms with Gasteiger partial charge in [0.1, 0.15) is 11.6 Å². The molecule has 2 heterocycles. The highest BCUT2D eigenvalue weighted by molar-refractivity contribution is 7.80. The van der Waals surface area contributed by atoms with Gasteiger partial charge in [0.25, 0.3) is 0 Å². The Hall–Kier alpha value is -2.58. The summed E-state index contributed by atoms with van der Waals surface area (Å²) in [6, 6.07) is 12.2. The molecule has 0 aromatic heterocycles. The van der Waals surface area contributed by atoms with Crippen molar-refractivity contribution < 1.29 is 13.6 Å². The number of carbonyl (C=O) groups excluding carboxylic acids is 1. The highest BCUT2D eigenvalue weighted by atomic mass is 32.1. The van der Waals surface area contributed by atoms with Gasteiger partial charge in [-0.15, -0.1) is 0 Å². The van der Waals surface area contributed by atoms with Gasteiger partial charge in [0.05, 0.1) is 11.7 Å². The summed E-state index contributed by atoms with van der Waals surface area (Å²) in [6.07, 6.45) is 2.35. The molecule has 0 aliphatic carbocycles.